The minimum absolute atomic E-state index is 0.536. The lowest BCUT2D eigenvalue weighted by Crippen LogP contribution is -2.48. The van der Waals surface area contributed by atoms with Gasteiger partial charge >= 0.3 is 26.5 Å². The van der Waals surface area contributed by atoms with Gasteiger partial charge in [-0.1, -0.05) is 96.3 Å². The van der Waals surface area contributed by atoms with Crippen LogP contribution in [0.15, 0.2) is 0 Å². The first-order valence-corrected chi connectivity index (χ1v) is 22.1. The maximum Gasteiger partial charge on any atom is 0.372 e. The van der Waals surface area contributed by atoms with Gasteiger partial charge < -0.3 is 63.6 Å². The highest BCUT2D eigenvalue weighted by molar-refractivity contribution is 7.58. The summed E-state index contributed by atoms with van der Waals surface area (Å²) in [6, 6.07) is 2.68. The fourth-order valence-electron chi connectivity index (χ4n) is 6.29. The van der Waals surface area contributed by atoms with Crippen molar-refractivity contribution in [1.82, 2.24) is 0 Å². The van der Waals surface area contributed by atoms with E-state index < -0.39 is 32.3 Å². The Hall–Kier alpha value is -0.510. The zero-order valence-electron chi connectivity index (χ0n) is 30.3. The molecule has 0 radical (unpaired) electrons. The van der Waals surface area contributed by atoms with Gasteiger partial charge in [0, 0.05) is 30.2 Å². The molecule has 0 aromatic rings. The van der Waals surface area contributed by atoms with Crippen molar-refractivity contribution in [3.8, 4) is 0 Å². The molecule has 15 nitrogen and oxygen atoms in total. The SMILES string of the molecule is NC1CCCCC1.NC1CCCCC1.NC1CCCCC1.NC1CCCCC1.NC1CCCCC1.O=C(O)C(O)(C(O)P(=O)(O)O)P(=O)(O)O. The van der Waals surface area contributed by atoms with E-state index in [1.165, 1.54) is 161 Å². The van der Waals surface area contributed by atoms with Gasteiger partial charge in [-0.2, -0.15) is 0 Å². The predicted molar refractivity (Wildman–Crippen MR) is 198 cm³/mol. The lowest BCUT2D eigenvalue weighted by Gasteiger charge is -2.28. The Morgan fingerprint density at radius 1 is 0.480 bits per heavy atom. The summed E-state index contributed by atoms with van der Waals surface area (Å²) in [5.74, 6) is -6.07. The fraction of sp³-hybridized carbons (Fsp3) is 0.970. The molecule has 5 aliphatic rings. The van der Waals surface area contributed by atoms with Crippen LogP contribution < -0.4 is 28.7 Å². The summed E-state index contributed by atoms with van der Waals surface area (Å²) in [5.41, 5.74) is 28.2. The third kappa shape index (κ3) is 23.2. The molecule has 0 aromatic heterocycles. The molecule has 50 heavy (non-hydrogen) atoms. The van der Waals surface area contributed by atoms with Crippen LogP contribution in [0.1, 0.15) is 161 Å². The Balaban J connectivity index is 0.000000595. The second kappa shape index (κ2) is 27.1. The van der Waals surface area contributed by atoms with Gasteiger partial charge in [-0.05, 0) is 64.2 Å². The Kier molecular flexibility index (Phi) is 26.9. The average molecular weight is 762 g/mol. The lowest BCUT2D eigenvalue weighted by atomic mass is 9.97. The molecule has 0 heterocycles. The van der Waals surface area contributed by atoms with Crippen LogP contribution in [-0.2, 0) is 13.9 Å². The van der Waals surface area contributed by atoms with Crippen molar-refractivity contribution >= 4 is 21.2 Å². The van der Waals surface area contributed by atoms with Gasteiger partial charge in [-0.3, -0.25) is 9.13 Å². The van der Waals surface area contributed by atoms with Crippen molar-refractivity contribution in [2.45, 2.75) is 202 Å². The maximum absolute atomic E-state index is 10.5. The Labute approximate surface area is 300 Å². The molecule has 2 atom stereocenters. The second-order valence-corrected chi connectivity index (χ2v) is 18.0. The number of aliphatic hydroxyl groups is 2. The second-order valence-electron chi connectivity index (χ2n) is 14.5. The van der Waals surface area contributed by atoms with Gasteiger partial charge in [-0.15, -0.1) is 0 Å². The largest absolute Gasteiger partial charge is 0.479 e. The molecule has 300 valence electrons. The molecule has 0 amide bonds. The van der Waals surface area contributed by atoms with Gasteiger partial charge in [0.05, 0.1) is 0 Å². The van der Waals surface area contributed by atoms with Crippen molar-refractivity contribution in [3.05, 3.63) is 0 Å². The Bertz CT molecular complexity index is 852. The predicted octanol–water partition coefficient (Wildman–Crippen LogP) is 3.82. The van der Waals surface area contributed by atoms with Crippen molar-refractivity contribution in [1.29, 1.82) is 0 Å². The van der Waals surface area contributed by atoms with E-state index in [1.54, 1.807) is 0 Å². The highest BCUT2D eigenvalue weighted by atomic mass is 31.2. The van der Waals surface area contributed by atoms with Crippen molar-refractivity contribution in [2.24, 2.45) is 28.7 Å². The first kappa shape index (κ1) is 49.5. The summed E-state index contributed by atoms with van der Waals surface area (Å²) in [5, 5.41) is 21.7. The van der Waals surface area contributed by atoms with Crippen LogP contribution in [0.4, 0.5) is 0 Å². The number of carbonyl (C=O) groups is 1. The molecule has 0 aliphatic heterocycles. The molecule has 17 N–H and O–H groups in total. The van der Waals surface area contributed by atoms with E-state index >= 15 is 0 Å². The highest BCUT2D eigenvalue weighted by Crippen LogP contribution is 2.59. The molecule has 5 rings (SSSR count). The first-order valence-electron chi connectivity index (χ1n) is 18.8. The molecular weight excluding hydrogens is 688 g/mol. The molecule has 2 unspecified atom stereocenters. The van der Waals surface area contributed by atoms with E-state index in [0.717, 1.165) is 0 Å². The normalized spacial score (nSPS) is 23.5. The van der Waals surface area contributed by atoms with E-state index in [-0.39, 0.29) is 0 Å². The van der Waals surface area contributed by atoms with Crippen molar-refractivity contribution in [2.75, 3.05) is 0 Å². The Morgan fingerprint density at radius 2 is 0.660 bits per heavy atom. The van der Waals surface area contributed by atoms with Gasteiger partial charge in [0.2, 0.25) is 5.85 Å². The van der Waals surface area contributed by atoms with Crippen LogP contribution >= 0.6 is 15.2 Å². The molecule has 0 bridgehead atoms. The summed E-state index contributed by atoms with van der Waals surface area (Å²) in [6.45, 7) is 0. The number of aliphatic hydroxyl groups excluding tert-OH is 1. The molecule has 5 fully saturated rings. The number of nitrogens with two attached hydrogens (primary N) is 5. The van der Waals surface area contributed by atoms with Gasteiger partial charge in [-0.25, -0.2) is 4.79 Å². The van der Waals surface area contributed by atoms with Gasteiger partial charge in [0.1, 0.15) is 0 Å². The standard InChI is InChI=1S/5C6H13N.C3H8O10P2/c5*7-6-4-2-1-3-5-6;4-1(5)3(7,15(11,12)13)2(6)14(8,9)10/h5*6H,1-5,7H2;2,6-7H,(H,4,5)(H2,8,9,10)(H2,11,12,13). The van der Waals surface area contributed by atoms with E-state index in [9.17, 15) is 13.9 Å². The molecular formula is C33H73N5O10P2. The van der Waals surface area contributed by atoms with Crippen LogP contribution in [0.2, 0.25) is 0 Å². The minimum atomic E-state index is -5.88. The molecule has 0 aromatic carbocycles. The number of hydrogen-bond acceptors (Lipinski definition) is 10. The van der Waals surface area contributed by atoms with Crippen LogP contribution in [0, 0.1) is 0 Å². The minimum Gasteiger partial charge on any atom is -0.479 e. The van der Waals surface area contributed by atoms with Crippen LogP contribution in [0.25, 0.3) is 0 Å². The topological polar surface area (TPSA) is 323 Å². The number of rotatable bonds is 4. The molecule has 17 heteroatoms. The smallest absolute Gasteiger partial charge is 0.372 e. The summed E-state index contributed by atoms with van der Waals surface area (Å²) in [7, 11) is -11.5. The number of aliphatic carboxylic acids is 1. The van der Waals surface area contributed by atoms with E-state index in [2.05, 4.69) is 0 Å². The summed E-state index contributed by atoms with van der Waals surface area (Å²) in [6.07, 6.45) is 33.3. The number of carboxylic acids is 1. The van der Waals surface area contributed by atoms with Gasteiger partial charge in [0.25, 0.3) is 0 Å². The van der Waals surface area contributed by atoms with E-state index in [0.29, 0.717) is 30.2 Å². The average Bonchev–Trinajstić information content (AvgIpc) is 3.06. The third-order valence-electron chi connectivity index (χ3n) is 9.69. The summed E-state index contributed by atoms with van der Waals surface area (Å²) in [4.78, 5) is 43.8. The lowest BCUT2D eigenvalue weighted by molar-refractivity contribution is -0.157. The number of hydrogen-bond donors (Lipinski definition) is 12. The first-order chi connectivity index (χ1) is 23.3. The van der Waals surface area contributed by atoms with Crippen molar-refractivity contribution < 1.29 is 48.8 Å². The zero-order chi connectivity index (χ0) is 38.2. The van der Waals surface area contributed by atoms with Crippen LogP contribution in [0.5, 0.6) is 0 Å². The maximum atomic E-state index is 10.5. The third-order valence-corrected chi connectivity index (χ3v) is 12.2. The number of carboxylic acid groups (broad SMARTS) is 1. The molecule has 0 saturated heterocycles. The van der Waals surface area contributed by atoms with Crippen LogP contribution in [0.3, 0.4) is 0 Å². The van der Waals surface area contributed by atoms with Crippen molar-refractivity contribution in [3.63, 3.8) is 0 Å². The highest BCUT2D eigenvalue weighted by Gasteiger charge is 2.64. The summed E-state index contributed by atoms with van der Waals surface area (Å²) < 4.78 is 20.9. The zero-order valence-corrected chi connectivity index (χ0v) is 32.1. The van der Waals surface area contributed by atoms with E-state index in [4.69, 9.17) is 63.6 Å². The molecule has 5 aliphatic carbocycles. The quantitative estimate of drug-likeness (QED) is 0.181. The van der Waals surface area contributed by atoms with Crippen LogP contribution in [-0.4, -0.2) is 82.3 Å². The molecule has 5 saturated carbocycles. The summed E-state index contributed by atoms with van der Waals surface area (Å²) >= 11 is 0. The van der Waals surface area contributed by atoms with Gasteiger partial charge in [0.15, 0.2) is 0 Å². The fourth-order valence-corrected chi connectivity index (χ4v) is 8.32. The Morgan fingerprint density at radius 3 is 0.720 bits per heavy atom. The monoisotopic (exact) mass is 761 g/mol. The molecule has 0 spiro atoms. The van der Waals surface area contributed by atoms with E-state index in [1.807, 2.05) is 0 Å².